The van der Waals surface area contributed by atoms with Crippen molar-refractivity contribution in [1.29, 1.82) is 0 Å². The molecule has 4 nitrogen and oxygen atoms in total. The molecule has 0 amide bonds. The fraction of sp³-hybridized carbons (Fsp3) is 0.167. The van der Waals surface area contributed by atoms with Gasteiger partial charge < -0.3 is 13.7 Å². The molecule has 0 atom stereocenters. The molecule has 3 aromatic rings. The lowest BCUT2D eigenvalue weighted by Gasteiger charge is -2.15. The van der Waals surface area contributed by atoms with E-state index in [4.69, 9.17) is 9.31 Å². The van der Waals surface area contributed by atoms with Gasteiger partial charge in [0.15, 0.2) is 0 Å². The van der Waals surface area contributed by atoms with E-state index in [2.05, 4.69) is 11.6 Å². The fourth-order valence-corrected chi connectivity index (χ4v) is 2.74. The third-order valence-corrected chi connectivity index (χ3v) is 4.28. The van der Waals surface area contributed by atoms with Crippen LogP contribution in [0.2, 0.25) is 0 Å². The quantitative estimate of drug-likeness (QED) is 0.672. The van der Waals surface area contributed by atoms with Crippen molar-refractivity contribution in [3.63, 3.8) is 0 Å². The van der Waals surface area contributed by atoms with Crippen LogP contribution < -0.4 is 5.46 Å². The van der Waals surface area contributed by atoms with E-state index >= 15 is 0 Å². The van der Waals surface area contributed by atoms with Gasteiger partial charge in [-0.2, -0.15) is 0 Å². The number of hydrogen-bond acceptors (Lipinski definition) is 3. The van der Waals surface area contributed by atoms with Crippen molar-refractivity contribution in [2.24, 2.45) is 0 Å². The van der Waals surface area contributed by atoms with Gasteiger partial charge >= 0.3 is 7.12 Å². The van der Waals surface area contributed by atoms with Gasteiger partial charge in [0.05, 0.1) is 11.5 Å². The molecule has 1 fully saturated rings. The Morgan fingerprint density at radius 3 is 2.64 bits per heavy atom. The summed E-state index contributed by atoms with van der Waals surface area (Å²) in [6.07, 6.45) is 3.50. The van der Waals surface area contributed by atoms with E-state index in [1.54, 1.807) is 16.7 Å². The minimum atomic E-state index is -0.649. The van der Waals surface area contributed by atoms with Crippen LogP contribution >= 0.6 is 0 Å². The number of nitrogens with zero attached hydrogens (tertiary/aromatic N) is 2. The Balaban J connectivity index is 1.72. The van der Waals surface area contributed by atoms with Crippen molar-refractivity contribution >= 4 is 18.2 Å². The molecule has 3 heterocycles. The van der Waals surface area contributed by atoms with Crippen LogP contribution in [0.5, 0.6) is 0 Å². The molecule has 0 aliphatic carbocycles. The predicted octanol–water partition coefficient (Wildman–Crippen LogP) is 3.31. The topological polar surface area (TPSA) is 35.8 Å². The number of halogens is 2. The maximum absolute atomic E-state index is 14.0. The highest BCUT2D eigenvalue weighted by Crippen LogP contribution is 2.29. The van der Waals surface area contributed by atoms with Gasteiger partial charge in [-0.25, -0.2) is 13.8 Å². The van der Waals surface area contributed by atoms with Crippen LogP contribution in [0.4, 0.5) is 8.78 Å². The van der Waals surface area contributed by atoms with Crippen LogP contribution in [0.25, 0.3) is 16.9 Å². The second kappa shape index (κ2) is 5.42. The van der Waals surface area contributed by atoms with E-state index in [0.29, 0.717) is 17.1 Å². The molecule has 1 aliphatic heterocycles. The molecule has 1 aromatic carbocycles. The molecular weight excluding hydrogens is 325 g/mol. The zero-order valence-electron chi connectivity index (χ0n) is 13.8. The monoisotopic (exact) mass is 340 g/mol. The van der Waals surface area contributed by atoms with Gasteiger partial charge in [-0.1, -0.05) is 12.6 Å². The molecule has 0 saturated carbocycles. The number of benzene rings is 1. The van der Waals surface area contributed by atoms with Crippen molar-refractivity contribution in [2.45, 2.75) is 19.4 Å². The lowest BCUT2D eigenvalue weighted by molar-refractivity contribution is 0.173. The number of aromatic nitrogens is 2. The van der Waals surface area contributed by atoms with Crippen LogP contribution in [-0.4, -0.2) is 22.1 Å². The second-order valence-electron chi connectivity index (χ2n) is 6.48. The SMILES string of the molecule is C=C1OB(c2ccc3nc(-c4ccc(F)cc4F)cn3c2)OC1(C)C. The first-order valence-electron chi connectivity index (χ1n) is 7.81. The van der Waals surface area contributed by atoms with Gasteiger partial charge in [-0.05, 0) is 32.0 Å². The van der Waals surface area contributed by atoms with Crippen molar-refractivity contribution in [2.75, 3.05) is 0 Å². The smallest absolute Gasteiger partial charge is 0.534 e. The minimum absolute atomic E-state index is 0.245. The average Bonchev–Trinajstić information content (AvgIpc) is 3.07. The largest absolute Gasteiger partial charge is 0.564 e. The molecule has 0 unspecified atom stereocenters. The highest BCUT2D eigenvalue weighted by molar-refractivity contribution is 6.62. The van der Waals surface area contributed by atoms with Crippen molar-refractivity contribution < 1.29 is 18.1 Å². The Bertz CT molecular complexity index is 1000. The zero-order valence-corrected chi connectivity index (χ0v) is 13.8. The average molecular weight is 340 g/mol. The summed E-state index contributed by atoms with van der Waals surface area (Å²) in [5.41, 5.74) is 1.54. The number of hydrogen-bond donors (Lipinski definition) is 0. The number of imidazole rings is 1. The van der Waals surface area contributed by atoms with Gasteiger partial charge in [-0.15, -0.1) is 0 Å². The van der Waals surface area contributed by atoms with E-state index in [1.165, 1.54) is 12.1 Å². The first-order valence-corrected chi connectivity index (χ1v) is 7.81. The summed E-state index contributed by atoms with van der Waals surface area (Å²) in [5, 5.41) is 0. The molecule has 0 N–H and O–H groups in total. The highest BCUT2D eigenvalue weighted by Gasteiger charge is 2.42. The van der Waals surface area contributed by atoms with Crippen molar-refractivity contribution in [1.82, 2.24) is 9.38 Å². The lowest BCUT2D eigenvalue weighted by atomic mass is 9.80. The number of pyridine rings is 1. The molecule has 0 bridgehead atoms. The van der Waals surface area contributed by atoms with E-state index in [-0.39, 0.29) is 5.56 Å². The molecule has 0 radical (unpaired) electrons. The Labute approximate surface area is 143 Å². The standard InChI is InChI=1S/C18H15BF2N2O2/c1-11-18(2,3)25-19(24-11)12-4-7-17-22-16(10-23(17)9-12)14-6-5-13(20)8-15(14)21/h4-10H,1H2,2-3H3. The summed E-state index contributed by atoms with van der Waals surface area (Å²) in [5.74, 6) is -0.702. The van der Waals surface area contributed by atoms with Crippen LogP contribution in [0.15, 0.2) is 55.1 Å². The fourth-order valence-electron chi connectivity index (χ4n) is 2.74. The Kier molecular flexibility index (Phi) is 3.44. The van der Waals surface area contributed by atoms with E-state index in [0.717, 1.165) is 11.5 Å². The van der Waals surface area contributed by atoms with Crippen LogP contribution in [0, 0.1) is 11.6 Å². The van der Waals surface area contributed by atoms with E-state index < -0.39 is 24.4 Å². The summed E-state index contributed by atoms with van der Waals surface area (Å²) in [4.78, 5) is 4.39. The van der Waals surface area contributed by atoms with Gasteiger partial charge in [0, 0.05) is 29.5 Å². The van der Waals surface area contributed by atoms with Crippen LogP contribution in [0.3, 0.4) is 0 Å². The summed E-state index contributed by atoms with van der Waals surface area (Å²) in [7, 11) is -0.555. The molecular formula is C18H15BF2N2O2. The Hall–Kier alpha value is -2.67. The molecule has 25 heavy (non-hydrogen) atoms. The summed E-state index contributed by atoms with van der Waals surface area (Å²) < 4.78 is 40.4. The molecule has 0 spiro atoms. The van der Waals surface area contributed by atoms with E-state index in [1.807, 2.05) is 26.1 Å². The molecule has 1 aliphatic rings. The third kappa shape index (κ3) is 2.70. The van der Waals surface area contributed by atoms with Crippen molar-refractivity contribution in [3.8, 4) is 11.3 Å². The second-order valence-corrected chi connectivity index (χ2v) is 6.48. The summed E-state index contributed by atoms with van der Waals surface area (Å²) in [6, 6.07) is 7.07. The molecule has 4 rings (SSSR count). The minimum Gasteiger partial charge on any atom is -0.534 e. The number of rotatable bonds is 2. The Morgan fingerprint density at radius 2 is 1.96 bits per heavy atom. The summed E-state index contributed by atoms with van der Waals surface area (Å²) >= 11 is 0. The van der Waals surface area contributed by atoms with Gasteiger partial charge in [0.25, 0.3) is 0 Å². The first-order chi connectivity index (χ1) is 11.8. The molecule has 126 valence electrons. The molecule has 1 saturated heterocycles. The molecule has 2 aromatic heterocycles. The van der Waals surface area contributed by atoms with Gasteiger partial charge in [0.1, 0.15) is 22.9 Å². The van der Waals surface area contributed by atoms with E-state index in [9.17, 15) is 8.78 Å². The summed E-state index contributed by atoms with van der Waals surface area (Å²) in [6.45, 7) is 7.65. The maximum atomic E-state index is 14.0. The van der Waals surface area contributed by atoms with Crippen LogP contribution in [0.1, 0.15) is 13.8 Å². The molecule has 7 heteroatoms. The zero-order chi connectivity index (χ0) is 17.8. The predicted molar refractivity (Wildman–Crippen MR) is 91.3 cm³/mol. The highest BCUT2D eigenvalue weighted by atomic mass is 19.1. The first kappa shape index (κ1) is 15.8. The lowest BCUT2D eigenvalue weighted by Crippen LogP contribution is -2.34. The third-order valence-electron chi connectivity index (χ3n) is 4.28. The van der Waals surface area contributed by atoms with Gasteiger partial charge in [-0.3, -0.25) is 0 Å². The maximum Gasteiger partial charge on any atom is 0.564 e. The van der Waals surface area contributed by atoms with Crippen LogP contribution in [-0.2, 0) is 9.31 Å². The normalized spacial score (nSPS) is 16.5. The van der Waals surface area contributed by atoms with Crippen molar-refractivity contribution in [3.05, 3.63) is 66.7 Å². The van der Waals surface area contributed by atoms with Gasteiger partial charge in [0.2, 0.25) is 0 Å². The number of fused-ring (bicyclic) bond motifs is 1. The Morgan fingerprint density at radius 1 is 1.16 bits per heavy atom.